The van der Waals surface area contributed by atoms with E-state index in [2.05, 4.69) is 10.6 Å². The van der Waals surface area contributed by atoms with Crippen molar-refractivity contribution in [3.8, 4) is 5.75 Å². The van der Waals surface area contributed by atoms with Gasteiger partial charge in [-0.2, -0.15) is 0 Å². The zero-order valence-corrected chi connectivity index (χ0v) is 14.7. The molecule has 7 nitrogen and oxygen atoms in total. The normalized spacial score (nSPS) is 16.2. The summed E-state index contributed by atoms with van der Waals surface area (Å²) >= 11 is 0. The molecule has 28 heavy (non-hydrogen) atoms. The zero-order chi connectivity index (χ0) is 20.3. The molecule has 2 N–H and O–H groups in total. The first kappa shape index (κ1) is 19.3. The monoisotopic (exact) mass is 390 g/mol. The first-order chi connectivity index (χ1) is 13.3. The van der Waals surface area contributed by atoms with E-state index in [9.17, 15) is 23.2 Å². The lowest BCUT2D eigenvalue weighted by Crippen LogP contribution is -2.40. The lowest BCUT2D eigenvalue weighted by Gasteiger charge is -2.25. The predicted molar refractivity (Wildman–Crippen MR) is 94.6 cm³/mol. The van der Waals surface area contributed by atoms with Gasteiger partial charge in [0.25, 0.3) is 11.8 Å². The summed E-state index contributed by atoms with van der Waals surface area (Å²) in [5.74, 6) is -3.39. The highest BCUT2D eigenvalue weighted by molar-refractivity contribution is 6.00. The average Bonchev–Trinajstić information content (AvgIpc) is 2.65. The Labute approximate surface area is 158 Å². The second-order valence-corrected chi connectivity index (χ2v) is 6.04. The molecule has 0 unspecified atom stereocenters. The van der Waals surface area contributed by atoms with Crippen molar-refractivity contribution in [2.75, 3.05) is 10.6 Å². The molecule has 3 rings (SSSR count). The Morgan fingerprint density at radius 3 is 2.79 bits per heavy atom. The molecule has 1 aliphatic heterocycles. The number of anilines is 2. The molecule has 2 aromatic carbocycles. The maximum absolute atomic E-state index is 13.6. The second kappa shape index (κ2) is 8.03. The number of amides is 2. The Balaban J connectivity index is 1.56. The number of rotatable bonds is 5. The number of nitrogens with one attached hydrogen (secondary N) is 2. The van der Waals surface area contributed by atoms with Crippen molar-refractivity contribution in [2.24, 2.45) is 0 Å². The molecule has 2 atom stereocenters. The van der Waals surface area contributed by atoms with Gasteiger partial charge in [0, 0.05) is 6.07 Å². The highest BCUT2D eigenvalue weighted by Gasteiger charge is 2.31. The van der Waals surface area contributed by atoms with Crippen LogP contribution in [0.4, 0.5) is 20.2 Å². The summed E-state index contributed by atoms with van der Waals surface area (Å²) in [4.78, 5) is 36.1. The Kier molecular flexibility index (Phi) is 5.53. The van der Waals surface area contributed by atoms with Gasteiger partial charge in [0.15, 0.2) is 12.2 Å². The van der Waals surface area contributed by atoms with Gasteiger partial charge in [-0.3, -0.25) is 14.4 Å². The van der Waals surface area contributed by atoms with Crippen molar-refractivity contribution < 1.29 is 32.6 Å². The number of esters is 1. The Hall–Kier alpha value is -3.49. The van der Waals surface area contributed by atoms with Gasteiger partial charge in [0.2, 0.25) is 0 Å². The number of halogens is 2. The second-order valence-electron chi connectivity index (χ2n) is 6.04. The van der Waals surface area contributed by atoms with Crippen LogP contribution in [0, 0.1) is 11.6 Å². The smallest absolute Gasteiger partial charge is 0.310 e. The molecular formula is C19H16F2N2O5. The summed E-state index contributed by atoms with van der Waals surface area (Å²) in [6.07, 6.45) is -2.83. The van der Waals surface area contributed by atoms with Crippen molar-refractivity contribution in [3.05, 3.63) is 54.1 Å². The largest absolute Gasteiger partial charge is 0.478 e. The van der Waals surface area contributed by atoms with Crippen LogP contribution < -0.4 is 15.4 Å². The number of carbonyl (C=O) groups is 3. The third-order valence-electron chi connectivity index (χ3n) is 3.92. The molecule has 0 saturated heterocycles. The first-order valence-corrected chi connectivity index (χ1v) is 8.35. The zero-order valence-electron chi connectivity index (χ0n) is 14.7. The molecule has 0 saturated carbocycles. The minimum absolute atomic E-state index is 0.375. The van der Waals surface area contributed by atoms with Crippen LogP contribution in [0.15, 0.2) is 42.5 Å². The van der Waals surface area contributed by atoms with Gasteiger partial charge in [-0.1, -0.05) is 12.1 Å². The number of benzene rings is 2. The molecule has 0 spiro atoms. The minimum Gasteiger partial charge on any atom is -0.478 e. The van der Waals surface area contributed by atoms with Crippen LogP contribution >= 0.6 is 0 Å². The van der Waals surface area contributed by atoms with E-state index in [0.717, 1.165) is 18.2 Å². The first-order valence-electron chi connectivity index (χ1n) is 8.35. The maximum Gasteiger partial charge on any atom is 0.310 e. The number of carbonyl (C=O) groups excluding carboxylic acids is 3. The van der Waals surface area contributed by atoms with E-state index in [-0.39, 0.29) is 5.69 Å². The Morgan fingerprint density at radius 1 is 1.25 bits per heavy atom. The summed E-state index contributed by atoms with van der Waals surface area (Å²) in [5, 5.41) is 4.75. The highest BCUT2D eigenvalue weighted by atomic mass is 19.1. The van der Waals surface area contributed by atoms with Crippen LogP contribution in [0.3, 0.4) is 0 Å². The van der Waals surface area contributed by atoms with E-state index < -0.39 is 48.0 Å². The van der Waals surface area contributed by atoms with Crippen LogP contribution in [-0.2, 0) is 19.1 Å². The molecule has 2 aromatic rings. The molecule has 0 aromatic heterocycles. The lowest BCUT2D eigenvalue weighted by molar-refractivity contribution is -0.155. The predicted octanol–water partition coefficient (Wildman–Crippen LogP) is 2.62. The quantitative estimate of drug-likeness (QED) is 0.766. The van der Waals surface area contributed by atoms with Crippen LogP contribution in [0.1, 0.15) is 13.3 Å². The molecule has 146 valence electrons. The number of ether oxygens (including phenoxy) is 2. The van der Waals surface area contributed by atoms with Crippen LogP contribution in [0.5, 0.6) is 5.75 Å². The maximum atomic E-state index is 13.6. The summed E-state index contributed by atoms with van der Waals surface area (Å²) in [6.45, 7) is 1.27. The van der Waals surface area contributed by atoms with E-state index in [1.54, 1.807) is 24.3 Å². The average molecular weight is 390 g/mol. The van der Waals surface area contributed by atoms with E-state index >= 15 is 0 Å². The number of hydrogen-bond acceptors (Lipinski definition) is 5. The van der Waals surface area contributed by atoms with Crippen LogP contribution in [0.25, 0.3) is 0 Å². The van der Waals surface area contributed by atoms with Gasteiger partial charge in [-0.05, 0) is 31.2 Å². The molecule has 9 heteroatoms. The van der Waals surface area contributed by atoms with Crippen LogP contribution in [-0.4, -0.2) is 30.0 Å². The van der Waals surface area contributed by atoms with Gasteiger partial charge in [-0.15, -0.1) is 0 Å². The van der Waals surface area contributed by atoms with E-state index in [1.807, 2.05) is 0 Å². The Bertz CT molecular complexity index is 934. The third-order valence-corrected chi connectivity index (χ3v) is 3.92. The molecular weight excluding hydrogens is 374 g/mol. The fourth-order valence-electron chi connectivity index (χ4n) is 2.50. The van der Waals surface area contributed by atoms with Crippen LogP contribution in [0.2, 0.25) is 0 Å². The van der Waals surface area contributed by atoms with Crippen molar-refractivity contribution in [1.29, 1.82) is 0 Å². The Morgan fingerprint density at radius 2 is 2.00 bits per heavy atom. The number of fused-ring (bicyclic) bond motifs is 1. The summed E-state index contributed by atoms with van der Waals surface area (Å²) in [6, 6.07) is 9.29. The molecule has 0 bridgehead atoms. The van der Waals surface area contributed by atoms with E-state index in [4.69, 9.17) is 9.47 Å². The van der Waals surface area contributed by atoms with E-state index in [0.29, 0.717) is 11.4 Å². The highest BCUT2D eigenvalue weighted by Crippen LogP contribution is 2.29. The van der Waals surface area contributed by atoms with E-state index in [1.165, 1.54) is 6.92 Å². The van der Waals surface area contributed by atoms with Gasteiger partial charge < -0.3 is 20.1 Å². The van der Waals surface area contributed by atoms with Crippen molar-refractivity contribution in [2.45, 2.75) is 25.6 Å². The molecule has 0 aliphatic carbocycles. The molecule has 0 fully saturated rings. The summed E-state index contributed by atoms with van der Waals surface area (Å²) < 4.78 is 37.2. The van der Waals surface area contributed by atoms with Crippen molar-refractivity contribution in [1.82, 2.24) is 0 Å². The molecule has 1 heterocycles. The molecule has 2 amide bonds. The van der Waals surface area contributed by atoms with Gasteiger partial charge in [0.05, 0.1) is 17.8 Å². The SMILES string of the molecule is C[C@@H](OC(=O)C[C@@H]1Oc2ccccc2NC1=O)C(=O)Nc1cc(F)ccc1F. The number of para-hydroxylation sites is 2. The van der Waals surface area contributed by atoms with Crippen molar-refractivity contribution in [3.63, 3.8) is 0 Å². The summed E-state index contributed by atoms with van der Waals surface area (Å²) in [7, 11) is 0. The van der Waals surface area contributed by atoms with Crippen molar-refractivity contribution >= 4 is 29.2 Å². The fraction of sp³-hybridized carbons (Fsp3) is 0.211. The fourth-order valence-corrected chi connectivity index (χ4v) is 2.50. The topological polar surface area (TPSA) is 93.7 Å². The molecule has 1 aliphatic rings. The van der Waals surface area contributed by atoms with Gasteiger partial charge >= 0.3 is 5.97 Å². The number of hydrogen-bond donors (Lipinski definition) is 2. The molecule has 0 radical (unpaired) electrons. The van der Waals surface area contributed by atoms with Gasteiger partial charge in [-0.25, -0.2) is 8.78 Å². The standard InChI is InChI=1S/C19H16F2N2O5/c1-10(18(25)23-14-8-11(20)6-7-12(14)21)27-17(24)9-16-19(26)22-13-4-2-3-5-15(13)28-16/h2-8,10,16H,9H2,1H3,(H,22,26)(H,23,25)/t10-,16+/m1/s1. The third kappa shape index (κ3) is 4.43. The lowest BCUT2D eigenvalue weighted by atomic mass is 10.1. The minimum atomic E-state index is -1.30. The summed E-state index contributed by atoms with van der Waals surface area (Å²) in [5.41, 5.74) is 0.112. The van der Waals surface area contributed by atoms with Gasteiger partial charge in [0.1, 0.15) is 17.4 Å².